The van der Waals surface area contributed by atoms with Gasteiger partial charge in [-0.2, -0.15) is 0 Å². The first-order chi connectivity index (χ1) is 17.5. The highest BCUT2D eigenvalue weighted by molar-refractivity contribution is 8.00. The van der Waals surface area contributed by atoms with Crippen LogP contribution >= 0.6 is 11.8 Å². The molecule has 0 atom stereocenters. The summed E-state index contributed by atoms with van der Waals surface area (Å²) >= 11 is 1.33. The van der Waals surface area contributed by atoms with E-state index in [1.54, 1.807) is 79.7 Å². The third-order valence-corrected chi connectivity index (χ3v) is 5.75. The summed E-state index contributed by atoms with van der Waals surface area (Å²) in [6, 6.07) is 20.6. The SMILES string of the molecule is Cc1cc(NC(=O)CSc2ccc(NC(=O)/C(=C/c3ccco3)NC(=O)c3ccccc3)cc2)no1. The quantitative estimate of drug-likeness (QED) is 0.223. The average molecular weight is 503 g/mol. The van der Waals surface area contributed by atoms with Gasteiger partial charge in [0.1, 0.15) is 17.2 Å². The standard InChI is InChI=1S/C26H22N4O5S/c1-17-14-23(30-35-17)29-24(31)16-36-21-11-9-19(10-12-21)27-26(33)22(15-20-8-5-13-34-20)28-25(32)18-6-3-2-4-7-18/h2-15H,16H2,1H3,(H,27,33)(H,28,32)(H,29,30,31)/b22-15-. The Kier molecular flexibility index (Phi) is 7.99. The van der Waals surface area contributed by atoms with Crippen LogP contribution in [0.25, 0.3) is 6.08 Å². The van der Waals surface area contributed by atoms with Crippen LogP contribution in [0.1, 0.15) is 21.9 Å². The van der Waals surface area contributed by atoms with E-state index in [1.807, 2.05) is 0 Å². The number of carbonyl (C=O) groups excluding carboxylic acids is 3. The molecule has 4 rings (SSSR count). The molecule has 0 saturated heterocycles. The van der Waals surface area contributed by atoms with Gasteiger partial charge in [-0.15, -0.1) is 11.8 Å². The summed E-state index contributed by atoms with van der Waals surface area (Å²) in [5.41, 5.74) is 0.961. The first-order valence-electron chi connectivity index (χ1n) is 10.9. The fraction of sp³-hybridized carbons (Fsp3) is 0.0769. The smallest absolute Gasteiger partial charge is 0.272 e. The zero-order chi connectivity index (χ0) is 25.3. The zero-order valence-corrected chi connectivity index (χ0v) is 20.0. The summed E-state index contributed by atoms with van der Waals surface area (Å²) in [5.74, 6) is 0.421. The lowest BCUT2D eigenvalue weighted by Gasteiger charge is -2.11. The predicted molar refractivity (Wildman–Crippen MR) is 136 cm³/mol. The topological polar surface area (TPSA) is 126 Å². The van der Waals surface area contributed by atoms with E-state index in [9.17, 15) is 14.4 Å². The number of hydrogen-bond acceptors (Lipinski definition) is 7. The molecule has 4 aromatic rings. The van der Waals surface area contributed by atoms with Gasteiger partial charge in [-0.1, -0.05) is 23.4 Å². The number of thioether (sulfide) groups is 1. The van der Waals surface area contributed by atoms with E-state index in [-0.39, 0.29) is 17.4 Å². The zero-order valence-electron chi connectivity index (χ0n) is 19.2. The first-order valence-corrected chi connectivity index (χ1v) is 11.8. The van der Waals surface area contributed by atoms with Gasteiger partial charge in [-0.3, -0.25) is 14.4 Å². The molecule has 2 aromatic carbocycles. The number of aryl methyl sites for hydroxylation is 1. The van der Waals surface area contributed by atoms with E-state index < -0.39 is 11.8 Å². The largest absolute Gasteiger partial charge is 0.465 e. The van der Waals surface area contributed by atoms with Crippen molar-refractivity contribution in [2.75, 3.05) is 16.4 Å². The molecule has 0 aliphatic rings. The molecule has 182 valence electrons. The fourth-order valence-corrected chi connectivity index (χ4v) is 3.74. The molecule has 3 N–H and O–H groups in total. The minimum Gasteiger partial charge on any atom is -0.465 e. The molecule has 2 aromatic heterocycles. The maximum Gasteiger partial charge on any atom is 0.272 e. The molecule has 0 saturated carbocycles. The van der Waals surface area contributed by atoms with Crippen LogP contribution < -0.4 is 16.0 Å². The predicted octanol–water partition coefficient (Wildman–Crippen LogP) is 4.72. The average Bonchev–Trinajstić information content (AvgIpc) is 3.55. The van der Waals surface area contributed by atoms with E-state index >= 15 is 0 Å². The van der Waals surface area contributed by atoms with Crippen molar-refractivity contribution in [3.05, 3.63) is 102 Å². The van der Waals surface area contributed by atoms with Crippen molar-refractivity contribution < 1.29 is 23.3 Å². The van der Waals surface area contributed by atoms with Gasteiger partial charge < -0.3 is 24.9 Å². The van der Waals surface area contributed by atoms with Crippen LogP contribution in [0.2, 0.25) is 0 Å². The van der Waals surface area contributed by atoms with Crippen LogP contribution in [-0.2, 0) is 9.59 Å². The van der Waals surface area contributed by atoms with E-state index in [1.165, 1.54) is 24.1 Å². The summed E-state index contributed by atoms with van der Waals surface area (Å²) in [6.07, 6.45) is 2.93. The lowest BCUT2D eigenvalue weighted by Crippen LogP contribution is -2.30. The van der Waals surface area contributed by atoms with Crippen LogP contribution in [0.3, 0.4) is 0 Å². The molecule has 0 aliphatic carbocycles. The van der Waals surface area contributed by atoms with Crippen molar-refractivity contribution in [1.82, 2.24) is 10.5 Å². The normalized spacial score (nSPS) is 11.1. The molecule has 0 unspecified atom stereocenters. The summed E-state index contributed by atoms with van der Waals surface area (Å²) in [7, 11) is 0. The molecular formula is C26H22N4O5S. The van der Waals surface area contributed by atoms with Crippen LogP contribution in [0, 0.1) is 6.92 Å². The van der Waals surface area contributed by atoms with Gasteiger partial charge in [0.15, 0.2) is 5.82 Å². The van der Waals surface area contributed by atoms with Crippen LogP contribution in [0.5, 0.6) is 0 Å². The minimum absolute atomic E-state index is 0.0250. The monoisotopic (exact) mass is 502 g/mol. The molecule has 0 spiro atoms. The number of amides is 3. The second-order valence-electron chi connectivity index (χ2n) is 7.53. The maximum absolute atomic E-state index is 13.0. The van der Waals surface area contributed by atoms with Crippen LogP contribution in [0.15, 0.2) is 98.6 Å². The fourth-order valence-electron chi connectivity index (χ4n) is 3.04. The van der Waals surface area contributed by atoms with Crippen molar-refractivity contribution in [2.45, 2.75) is 11.8 Å². The maximum atomic E-state index is 13.0. The second kappa shape index (κ2) is 11.7. The molecule has 2 heterocycles. The number of hydrogen-bond donors (Lipinski definition) is 3. The number of rotatable bonds is 9. The van der Waals surface area contributed by atoms with E-state index in [0.29, 0.717) is 28.6 Å². The Morgan fingerprint density at radius 3 is 2.42 bits per heavy atom. The van der Waals surface area contributed by atoms with Gasteiger partial charge in [-0.05, 0) is 55.5 Å². The van der Waals surface area contributed by atoms with Gasteiger partial charge in [0.2, 0.25) is 5.91 Å². The molecule has 9 nitrogen and oxygen atoms in total. The highest BCUT2D eigenvalue weighted by atomic mass is 32.2. The highest BCUT2D eigenvalue weighted by Gasteiger charge is 2.16. The highest BCUT2D eigenvalue weighted by Crippen LogP contribution is 2.21. The summed E-state index contributed by atoms with van der Waals surface area (Å²) < 4.78 is 10.2. The number of anilines is 2. The molecule has 0 fully saturated rings. The molecule has 0 aliphatic heterocycles. The van der Waals surface area contributed by atoms with Crippen molar-refractivity contribution >= 4 is 47.1 Å². The Bertz CT molecular complexity index is 1360. The van der Waals surface area contributed by atoms with Crippen molar-refractivity contribution in [3.63, 3.8) is 0 Å². The van der Waals surface area contributed by atoms with E-state index in [0.717, 1.165) is 4.90 Å². The Balaban J connectivity index is 1.37. The number of aromatic nitrogens is 1. The third kappa shape index (κ3) is 6.97. The number of benzene rings is 2. The minimum atomic E-state index is -0.515. The van der Waals surface area contributed by atoms with Gasteiger partial charge in [0.05, 0.1) is 12.0 Å². The lowest BCUT2D eigenvalue weighted by atomic mass is 10.2. The molecule has 3 amide bonds. The van der Waals surface area contributed by atoms with Crippen LogP contribution in [0.4, 0.5) is 11.5 Å². The van der Waals surface area contributed by atoms with Gasteiger partial charge >= 0.3 is 0 Å². The van der Waals surface area contributed by atoms with Crippen molar-refractivity contribution in [2.24, 2.45) is 0 Å². The number of furan rings is 1. The summed E-state index contributed by atoms with van der Waals surface area (Å²) in [5, 5.41) is 11.8. The molecule has 0 bridgehead atoms. The Hall–Kier alpha value is -4.57. The molecular weight excluding hydrogens is 480 g/mol. The summed E-state index contributed by atoms with van der Waals surface area (Å²) in [4.78, 5) is 38.5. The lowest BCUT2D eigenvalue weighted by molar-refractivity contribution is -0.114. The van der Waals surface area contributed by atoms with Gasteiger partial charge in [0.25, 0.3) is 11.8 Å². The van der Waals surface area contributed by atoms with E-state index in [4.69, 9.17) is 8.94 Å². The van der Waals surface area contributed by atoms with Crippen LogP contribution in [-0.4, -0.2) is 28.6 Å². The third-order valence-electron chi connectivity index (χ3n) is 4.74. The van der Waals surface area contributed by atoms with Crippen molar-refractivity contribution in [1.29, 1.82) is 0 Å². The molecule has 10 heteroatoms. The Morgan fingerprint density at radius 1 is 0.972 bits per heavy atom. The van der Waals surface area contributed by atoms with Gasteiger partial charge in [0, 0.05) is 28.3 Å². The Labute approximate surface area is 210 Å². The Morgan fingerprint density at radius 2 is 1.75 bits per heavy atom. The van der Waals surface area contributed by atoms with E-state index in [2.05, 4.69) is 21.1 Å². The first kappa shape index (κ1) is 24.6. The number of carbonyl (C=O) groups is 3. The number of nitrogens with zero attached hydrogens (tertiary/aromatic N) is 1. The molecule has 0 radical (unpaired) electrons. The summed E-state index contributed by atoms with van der Waals surface area (Å²) in [6.45, 7) is 1.74. The van der Waals surface area contributed by atoms with Crippen molar-refractivity contribution in [3.8, 4) is 0 Å². The molecule has 36 heavy (non-hydrogen) atoms. The van der Waals surface area contributed by atoms with Gasteiger partial charge in [-0.25, -0.2) is 0 Å². The number of nitrogens with one attached hydrogen (secondary N) is 3. The second-order valence-corrected chi connectivity index (χ2v) is 8.58.